The molecule has 1 N–H and O–H groups in total. The van der Waals surface area contributed by atoms with Crippen LogP contribution in [0.15, 0.2) is 11.2 Å². The smallest absolute Gasteiger partial charge is 0.317 e. The molecule has 9 heteroatoms. The molecule has 1 aliphatic rings. The Bertz CT molecular complexity index is 656. The summed E-state index contributed by atoms with van der Waals surface area (Å²) in [5.41, 5.74) is 9.51. The highest BCUT2D eigenvalue weighted by Gasteiger charge is 2.33. The first-order valence-corrected chi connectivity index (χ1v) is 6.91. The molecule has 9 nitrogen and oxygen atoms in total. The standard InChI is InChI=1S/C14H17N3O6/c1-4-21-14(19)10(16-17-15)11(18)8-5-9-13(23-6-22-9)7(2)12(8)20-3/h5,10-11,18H,4,6H2,1-3H3/t10-,11-/m0/s1. The van der Waals surface area contributed by atoms with Crippen molar-refractivity contribution in [1.29, 1.82) is 0 Å². The first kappa shape index (κ1) is 16.7. The van der Waals surface area contributed by atoms with Crippen LogP contribution in [0.1, 0.15) is 24.2 Å². The number of benzene rings is 1. The lowest BCUT2D eigenvalue weighted by Crippen LogP contribution is -2.28. The Kier molecular flexibility index (Phi) is 5.15. The molecule has 2 atom stereocenters. The van der Waals surface area contributed by atoms with Gasteiger partial charge in [-0.3, -0.25) is 4.79 Å². The normalized spacial score (nSPS) is 14.6. The Morgan fingerprint density at radius 3 is 2.91 bits per heavy atom. The number of esters is 1. The fourth-order valence-electron chi connectivity index (χ4n) is 2.40. The molecule has 0 aromatic heterocycles. The third-order valence-corrected chi connectivity index (χ3v) is 3.40. The predicted molar refractivity (Wildman–Crippen MR) is 78.4 cm³/mol. The molecule has 1 aromatic rings. The largest absolute Gasteiger partial charge is 0.496 e. The van der Waals surface area contributed by atoms with Crippen molar-refractivity contribution < 1.29 is 28.8 Å². The molecule has 2 rings (SSSR count). The van der Waals surface area contributed by atoms with Gasteiger partial charge in [0.25, 0.3) is 0 Å². The van der Waals surface area contributed by atoms with Crippen molar-refractivity contribution in [3.8, 4) is 17.2 Å². The Hall–Kier alpha value is -2.64. The predicted octanol–water partition coefficient (Wildman–Crippen LogP) is 2.01. The second-order valence-electron chi connectivity index (χ2n) is 4.70. The molecule has 0 fully saturated rings. The van der Waals surface area contributed by atoms with Gasteiger partial charge in [-0.1, -0.05) is 5.11 Å². The van der Waals surface area contributed by atoms with Crippen LogP contribution in [0.25, 0.3) is 10.4 Å². The summed E-state index contributed by atoms with van der Waals surface area (Å²) in [6.07, 6.45) is -1.45. The third kappa shape index (κ3) is 3.10. The average Bonchev–Trinajstić information content (AvgIpc) is 3.01. The van der Waals surface area contributed by atoms with Crippen LogP contribution in [0, 0.1) is 6.92 Å². The van der Waals surface area contributed by atoms with Gasteiger partial charge in [-0.25, -0.2) is 0 Å². The first-order chi connectivity index (χ1) is 11.0. The van der Waals surface area contributed by atoms with Gasteiger partial charge in [0.2, 0.25) is 6.79 Å². The van der Waals surface area contributed by atoms with Crippen molar-refractivity contribution in [1.82, 2.24) is 0 Å². The summed E-state index contributed by atoms with van der Waals surface area (Å²) in [6, 6.07) is 0.0615. The van der Waals surface area contributed by atoms with Gasteiger partial charge in [-0.05, 0) is 25.4 Å². The zero-order chi connectivity index (χ0) is 17.0. The van der Waals surface area contributed by atoms with E-state index in [-0.39, 0.29) is 19.0 Å². The number of hydrogen-bond donors (Lipinski definition) is 1. The molecule has 0 amide bonds. The highest BCUT2D eigenvalue weighted by molar-refractivity contribution is 5.77. The highest BCUT2D eigenvalue weighted by atomic mass is 16.7. The maximum absolute atomic E-state index is 11.9. The van der Waals surface area contributed by atoms with E-state index in [0.29, 0.717) is 22.8 Å². The zero-order valence-electron chi connectivity index (χ0n) is 13.0. The Morgan fingerprint density at radius 1 is 1.57 bits per heavy atom. The Labute approximate surface area is 132 Å². The molecule has 0 radical (unpaired) electrons. The molecule has 23 heavy (non-hydrogen) atoms. The van der Waals surface area contributed by atoms with E-state index in [4.69, 9.17) is 24.5 Å². The van der Waals surface area contributed by atoms with Crippen LogP contribution in [0.3, 0.4) is 0 Å². The average molecular weight is 323 g/mol. The van der Waals surface area contributed by atoms with Gasteiger partial charge in [0.05, 0.1) is 13.7 Å². The minimum Gasteiger partial charge on any atom is -0.496 e. The van der Waals surface area contributed by atoms with Gasteiger partial charge < -0.3 is 24.1 Å². The van der Waals surface area contributed by atoms with E-state index in [1.807, 2.05) is 0 Å². The monoisotopic (exact) mass is 323 g/mol. The van der Waals surface area contributed by atoms with Crippen molar-refractivity contribution in [3.05, 3.63) is 27.6 Å². The van der Waals surface area contributed by atoms with Crippen LogP contribution in [-0.4, -0.2) is 37.6 Å². The van der Waals surface area contributed by atoms with Gasteiger partial charge in [0.15, 0.2) is 17.5 Å². The lowest BCUT2D eigenvalue weighted by atomic mass is 9.98. The van der Waals surface area contributed by atoms with Crippen molar-refractivity contribution in [2.45, 2.75) is 26.0 Å². The molecule has 0 aliphatic carbocycles. The van der Waals surface area contributed by atoms with Crippen LogP contribution in [0.2, 0.25) is 0 Å². The summed E-state index contributed by atoms with van der Waals surface area (Å²) in [5.74, 6) is 0.425. The molecule has 124 valence electrons. The molecule has 0 spiro atoms. The maximum Gasteiger partial charge on any atom is 0.317 e. The number of rotatable bonds is 6. The van der Waals surface area contributed by atoms with E-state index in [9.17, 15) is 9.90 Å². The highest BCUT2D eigenvalue weighted by Crippen LogP contribution is 2.45. The van der Waals surface area contributed by atoms with Crippen LogP contribution >= 0.6 is 0 Å². The maximum atomic E-state index is 11.9. The number of ether oxygens (including phenoxy) is 4. The quantitative estimate of drug-likeness (QED) is 0.370. The van der Waals surface area contributed by atoms with E-state index < -0.39 is 18.1 Å². The molecule has 1 aliphatic heterocycles. The van der Waals surface area contributed by atoms with E-state index in [0.717, 1.165) is 0 Å². The molecule has 0 saturated heterocycles. The SMILES string of the molecule is CCOC(=O)[C@@H](N=[N+]=[N-])[C@@H](O)c1cc2c(c(C)c1OC)OCO2. The van der Waals surface area contributed by atoms with Crippen LogP contribution in [-0.2, 0) is 9.53 Å². The molecule has 0 unspecified atom stereocenters. The summed E-state index contributed by atoms with van der Waals surface area (Å²) >= 11 is 0. The number of nitrogens with zero attached hydrogens (tertiary/aromatic N) is 3. The van der Waals surface area contributed by atoms with Crippen LogP contribution < -0.4 is 14.2 Å². The number of hydrogen-bond acceptors (Lipinski definition) is 7. The Balaban J connectivity index is 2.48. The Morgan fingerprint density at radius 2 is 2.30 bits per heavy atom. The van der Waals surface area contributed by atoms with E-state index in [1.165, 1.54) is 13.2 Å². The van der Waals surface area contributed by atoms with Crippen molar-refractivity contribution in [2.24, 2.45) is 5.11 Å². The minimum absolute atomic E-state index is 0.0521. The number of fused-ring (bicyclic) bond motifs is 1. The van der Waals surface area contributed by atoms with Crippen molar-refractivity contribution >= 4 is 5.97 Å². The fraction of sp³-hybridized carbons (Fsp3) is 0.500. The second-order valence-corrected chi connectivity index (χ2v) is 4.70. The molecule has 1 heterocycles. The van der Waals surface area contributed by atoms with Crippen molar-refractivity contribution in [2.75, 3.05) is 20.5 Å². The number of carbonyl (C=O) groups is 1. The first-order valence-electron chi connectivity index (χ1n) is 6.91. The number of carbonyl (C=O) groups excluding carboxylic acids is 1. The third-order valence-electron chi connectivity index (χ3n) is 3.40. The number of aliphatic hydroxyl groups excluding tert-OH is 1. The topological polar surface area (TPSA) is 123 Å². The van der Waals surface area contributed by atoms with Crippen molar-refractivity contribution in [3.63, 3.8) is 0 Å². The molecular weight excluding hydrogens is 306 g/mol. The lowest BCUT2D eigenvalue weighted by Gasteiger charge is -2.21. The molecule has 1 aromatic carbocycles. The summed E-state index contributed by atoms with van der Waals surface area (Å²) in [4.78, 5) is 14.5. The van der Waals surface area contributed by atoms with Gasteiger partial charge in [-0.2, -0.15) is 0 Å². The molecule has 0 saturated carbocycles. The van der Waals surface area contributed by atoms with E-state index in [2.05, 4.69) is 10.0 Å². The van der Waals surface area contributed by atoms with Gasteiger partial charge in [-0.15, -0.1) is 0 Å². The summed E-state index contributed by atoms with van der Waals surface area (Å²) in [5, 5.41) is 13.9. The summed E-state index contributed by atoms with van der Waals surface area (Å²) < 4.78 is 20.8. The number of aliphatic hydroxyl groups is 1. The summed E-state index contributed by atoms with van der Waals surface area (Å²) in [7, 11) is 1.42. The van der Waals surface area contributed by atoms with E-state index >= 15 is 0 Å². The van der Waals surface area contributed by atoms with E-state index in [1.54, 1.807) is 13.8 Å². The van der Waals surface area contributed by atoms with Crippen LogP contribution in [0.4, 0.5) is 0 Å². The van der Waals surface area contributed by atoms with Gasteiger partial charge in [0, 0.05) is 16.0 Å². The minimum atomic E-state index is -1.45. The zero-order valence-corrected chi connectivity index (χ0v) is 13.0. The number of azide groups is 1. The van der Waals surface area contributed by atoms with Crippen LogP contribution in [0.5, 0.6) is 17.2 Å². The second kappa shape index (κ2) is 7.08. The number of methoxy groups -OCH3 is 1. The van der Waals surface area contributed by atoms with Gasteiger partial charge in [0.1, 0.15) is 11.9 Å². The fourth-order valence-corrected chi connectivity index (χ4v) is 2.40. The lowest BCUT2D eigenvalue weighted by molar-refractivity contribution is -0.147. The molecular formula is C14H17N3O6. The summed E-state index contributed by atoms with van der Waals surface area (Å²) in [6.45, 7) is 3.50. The molecule has 0 bridgehead atoms. The van der Waals surface area contributed by atoms with Gasteiger partial charge >= 0.3 is 5.97 Å².